The van der Waals surface area contributed by atoms with Crippen molar-refractivity contribution in [1.29, 1.82) is 0 Å². The standard InChI is InChI=1S/C16H26O2/c1-11-2-4-12(5-3-11)13-6-8-14(9-7-13)15-10-16(17)18-15/h11-15H,2-10H2,1H3. The van der Waals surface area contributed by atoms with Gasteiger partial charge in [-0.1, -0.05) is 19.8 Å². The number of cyclic esters (lactones) is 1. The molecule has 18 heavy (non-hydrogen) atoms. The van der Waals surface area contributed by atoms with Crippen molar-refractivity contribution in [1.82, 2.24) is 0 Å². The highest BCUT2D eigenvalue weighted by molar-refractivity contribution is 5.75. The molecule has 0 radical (unpaired) electrons. The molecule has 0 aromatic heterocycles. The summed E-state index contributed by atoms with van der Waals surface area (Å²) in [5, 5.41) is 0. The van der Waals surface area contributed by atoms with E-state index in [1.807, 2.05) is 0 Å². The van der Waals surface area contributed by atoms with Crippen LogP contribution in [0.1, 0.15) is 64.7 Å². The summed E-state index contributed by atoms with van der Waals surface area (Å²) < 4.78 is 5.23. The molecule has 3 aliphatic rings. The lowest BCUT2D eigenvalue weighted by atomic mass is 9.68. The quantitative estimate of drug-likeness (QED) is 0.694. The molecule has 1 heterocycles. The van der Waals surface area contributed by atoms with Gasteiger partial charge in [0.15, 0.2) is 0 Å². The summed E-state index contributed by atoms with van der Waals surface area (Å²) >= 11 is 0. The largest absolute Gasteiger partial charge is 0.461 e. The molecule has 0 N–H and O–H groups in total. The molecule has 0 aromatic carbocycles. The van der Waals surface area contributed by atoms with Crippen molar-refractivity contribution in [2.24, 2.45) is 23.7 Å². The second-order valence-electron chi connectivity index (χ2n) is 6.93. The smallest absolute Gasteiger partial charge is 0.309 e. The van der Waals surface area contributed by atoms with Crippen LogP contribution in [-0.2, 0) is 9.53 Å². The Morgan fingerprint density at radius 3 is 1.78 bits per heavy atom. The summed E-state index contributed by atoms with van der Waals surface area (Å²) in [6.07, 6.45) is 12.2. The van der Waals surface area contributed by atoms with Crippen molar-refractivity contribution in [3.05, 3.63) is 0 Å². The lowest BCUT2D eigenvalue weighted by Crippen LogP contribution is -2.41. The maximum absolute atomic E-state index is 10.9. The minimum absolute atomic E-state index is 0.0170. The van der Waals surface area contributed by atoms with Crippen LogP contribution in [0.3, 0.4) is 0 Å². The summed E-state index contributed by atoms with van der Waals surface area (Å²) in [5.74, 6) is 3.65. The zero-order valence-corrected chi connectivity index (χ0v) is 11.6. The lowest BCUT2D eigenvalue weighted by Gasteiger charge is -2.41. The minimum Gasteiger partial charge on any atom is -0.461 e. The predicted molar refractivity (Wildman–Crippen MR) is 71.1 cm³/mol. The Morgan fingerprint density at radius 2 is 1.28 bits per heavy atom. The maximum atomic E-state index is 10.9. The third-order valence-corrected chi connectivity index (χ3v) is 5.72. The van der Waals surface area contributed by atoms with Crippen molar-refractivity contribution < 1.29 is 9.53 Å². The summed E-state index contributed by atoms with van der Waals surface area (Å²) in [7, 11) is 0. The molecule has 3 fully saturated rings. The molecule has 0 bridgehead atoms. The third-order valence-electron chi connectivity index (χ3n) is 5.72. The first-order chi connectivity index (χ1) is 8.72. The first-order valence-corrected chi connectivity index (χ1v) is 7.92. The fourth-order valence-corrected chi connectivity index (χ4v) is 4.33. The fraction of sp³-hybridized carbons (Fsp3) is 0.938. The van der Waals surface area contributed by atoms with Gasteiger partial charge in [0.1, 0.15) is 6.10 Å². The number of rotatable bonds is 2. The van der Waals surface area contributed by atoms with Gasteiger partial charge < -0.3 is 4.74 Å². The summed E-state index contributed by atoms with van der Waals surface area (Å²) in [6, 6.07) is 0. The topological polar surface area (TPSA) is 26.3 Å². The molecule has 0 amide bonds. The van der Waals surface area contributed by atoms with Gasteiger partial charge in [0.2, 0.25) is 0 Å². The van der Waals surface area contributed by atoms with Gasteiger partial charge in [0.25, 0.3) is 0 Å². The van der Waals surface area contributed by atoms with E-state index in [2.05, 4.69) is 6.92 Å². The highest BCUT2D eigenvalue weighted by Gasteiger charge is 2.39. The van der Waals surface area contributed by atoms with Gasteiger partial charge in [-0.15, -0.1) is 0 Å². The lowest BCUT2D eigenvalue weighted by molar-refractivity contribution is -0.176. The van der Waals surface area contributed by atoms with E-state index in [-0.39, 0.29) is 12.1 Å². The molecule has 1 unspecified atom stereocenters. The van der Waals surface area contributed by atoms with Crippen LogP contribution in [0, 0.1) is 23.7 Å². The molecule has 3 rings (SSSR count). The monoisotopic (exact) mass is 250 g/mol. The predicted octanol–water partition coefficient (Wildman–Crippen LogP) is 3.93. The molecule has 2 aliphatic carbocycles. The van der Waals surface area contributed by atoms with Gasteiger partial charge in [-0.3, -0.25) is 4.79 Å². The van der Waals surface area contributed by atoms with Crippen LogP contribution in [-0.4, -0.2) is 12.1 Å². The van der Waals surface area contributed by atoms with E-state index < -0.39 is 0 Å². The third kappa shape index (κ3) is 2.57. The van der Waals surface area contributed by atoms with Crippen LogP contribution in [0.5, 0.6) is 0 Å². The average Bonchev–Trinajstić information content (AvgIpc) is 2.36. The molecule has 102 valence electrons. The van der Waals surface area contributed by atoms with Crippen molar-refractivity contribution in [3.63, 3.8) is 0 Å². The Bertz CT molecular complexity index is 288. The van der Waals surface area contributed by atoms with Crippen molar-refractivity contribution in [2.75, 3.05) is 0 Å². The molecule has 2 nitrogen and oxygen atoms in total. The molecule has 0 spiro atoms. The van der Waals surface area contributed by atoms with Crippen molar-refractivity contribution in [3.8, 4) is 0 Å². The van der Waals surface area contributed by atoms with E-state index in [0.29, 0.717) is 12.3 Å². The fourth-order valence-electron chi connectivity index (χ4n) is 4.33. The Kier molecular flexibility index (Phi) is 3.63. The number of hydrogen-bond donors (Lipinski definition) is 0. The van der Waals surface area contributed by atoms with Crippen LogP contribution in [0.2, 0.25) is 0 Å². The molecular formula is C16H26O2. The van der Waals surface area contributed by atoms with Gasteiger partial charge in [-0.05, 0) is 62.2 Å². The summed E-state index contributed by atoms with van der Waals surface area (Å²) in [6.45, 7) is 2.40. The van der Waals surface area contributed by atoms with Crippen molar-refractivity contribution in [2.45, 2.75) is 70.8 Å². The van der Waals surface area contributed by atoms with Crippen LogP contribution in [0.25, 0.3) is 0 Å². The molecule has 2 heteroatoms. The SMILES string of the molecule is CC1CCC(C2CCC(C3CC(=O)O3)CC2)CC1. The van der Waals surface area contributed by atoms with Gasteiger partial charge in [0.05, 0.1) is 6.42 Å². The van der Waals surface area contributed by atoms with Crippen LogP contribution < -0.4 is 0 Å². The maximum Gasteiger partial charge on any atom is 0.309 e. The molecule has 1 saturated heterocycles. The first-order valence-electron chi connectivity index (χ1n) is 7.92. The Balaban J connectivity index is 1.44. The Hall–Kier alpha value is -0.530. The summed E-state index contributed by atoms with van der Waals surface area (Å²) in [5.41, 5.74) is 0. The van der Waals surface area contributed by atoms with Gasteiger partial charge in [-0.25, -0.2) is 0 Å². The highest BCUT2D eigenvalue weighted by atomic mass is 16.6. The number of carbonyl (C=O) groups excluding carboxylic acids is 1. The van der Waals surface area contributed by atoms with E-state index in [1.54, 1.807) is 0 Å². The van der Waals surface area contributed by atoms with E-state index >= 15 is 0 Å². The number of hydrogen-bond acceptors (Lipinski definition) is 2. The van der Waals surface area contributed by atoms with E-state index in [4.69, 9.17) is 4.74 Å². The van der Waals surface area contributed by atoms with E-state index in [9.17, 15) is 4.79 Å². The first kappa shape index (κ1) is 12.5. The second kappa shape index (κ2) is 5.22. The van der Waals surface area contributed by atoms with Crippen LogP contribution in [0.15, 0.2) is 0 Å². The average molecular weight is 250 g/mol. The van der Waals surface area contributed by atoms with Crippen LogP contribution in [0.4, 0.5) is 0 Å². The van der Waals surface area contributed by atoms with E-state index in [1.165, 1.54) is 51.4 Å². The van der Waals surface area contributed by atoms with E-state index in [0.717, 1.165) is 17.8 Å². The molecule has 0 aromatic rings. The summed E-state index contributed by atoms with van der Waals surface area (Å²) in [4.78, 5) is 10.9. The van der Waals surface area contributed by atoms with Gasteiger partial charge >= 0.3 is 5.97 Å². The number of ether oxygens (including phenoxy) is 1. The van der Waals surface area contributed by atoms with Crippen molar-refractivity contribution >= 4 is 5.97 Å². The molecular weight excluding hydrogens is 224 g/mol. The normalized spacial score (nSPS) is 45.2. The zero-order valence-electron chi connectivity index (χ0n) is 11.6. The Morgan fingerprint density at radius 1 is 0.833 bits per heavy atom. The second-order valence-corrected chi connectivity index (χ2v) is 6.93. The number of esters is 1. The van der Waals surface area contributed by atoms with Gasteiger partial charge in [-0.2, -0.15) is 0 Å². The van der Waals surface area contributed by atoms with Gasteiger partial charge in [0, 0.05) is 0 Å². The Labute approximate surface area is 110 Å². The number of carbonyl (C=O) groups is 1. The van der Waals surface area contributed by atoms with Crippen LogP contribution >= 0.6 is 0 Å². The highest BCUT2D eigenvalue weighted by Crippen LogP contribution is 2.43. The molecule has 2 saturated carbocycles. The molecule has 1 atom stereocenters. The minimum atomic E-state index is 0.0170. The molecule has 1 aliphatic heterocycles. The zero-order chi connectivity index (χ0) is 12.5.